The van der Waals surface area contributed by atoms with Crippen LogP contribution in [0.5, 0.6) is 0 Å². The molecule has 1 fully saturated rings. The SMILES string of the molecule is CNCC1(Cc2csc3ccccc23)CCOCC1. The number of hydrogen-bond acceptors (Lipinski definition) is 3. The molecule has 0 aliphatic carbocycles. The van der Waals surface area contributed by atoms with Crippen LogP contribution in [-0.4, -0.2) is 26.8 Å². The molecule has 2 heterocycles. The van der Waals surface area contributed by atoms with Gasteiger partial charge in [0.2, 0.25) is 0 Å². The van der Waals surface area contributed by atoms with E-state index in [-0.39, 0.29) is 0 Å². The number of benzene rings is 1. The molecule has 1 N–H and O–H groups in total. The first-order chi connectivity index (χ1) is 9.33. The molecule has 102 valence electrons. The molecule has 1 aromatic heterocycles. The van der Waals surface area contributed by atoms with Gasteiger partial charge in [-0.2, -0.15) is 0 Å². The van der Waals surface area contributed by atoms with Gasteiger partial charge < -0.3 is 10.1 Å². The average molecular weight is 275 g/mol. The smallest absolute Gasteiger partial charge is 0.0471 e. The van der Waals surface area contributed by atoms with Crippen LogP contribution in [0.15, 0.2) is 29.6 Å². The van der Waals surface area contributed by atoms with Crippen LogP contribution in [0.2, 0.25) is 0 Å². The Morgan fingerprint density at radius 3 is 2.84 bits per heavy atom. The van der Waals surface area contributed by atoms with E-state index >= 15 is 0 Å². The lowest BCUT2D eigenvalue weighted by atomic mass is 9.75. The Labute approximate surface area is 118 Å². The predicted octanol–water partition coefficient (Wildman–Crippen LogP) is 3.46. The van der Waals surface area contributed by atoms with Gasteiger partial charge in [0.15, 0.2) is 0 Å². The molecule has 1 aliphatic rings. The zero-order valence-electron chi connectivity index (χ0n) is 11.4. The zero-order valence-corrected chi connectivity index (χ0v) is 12.3. The van der Waals surface area contributed by atoms with E-state index in [4.69, 9.17) is 4.74 Å². The number of ether oxygens (including phenoxy) is 1. The van der Waals surface area contributed by atoms with E-state index in [1.165, 1.54) is 22.1 Å². The van der Waals surface area contributed by atoms with E-state index in [9.17, 15) is 0 Å². The first-order valence-electron chi connectivity index (χ1n) is 7.00. The molecular weight excluding hydrogens is 254 g/mol. The second kappa shape index (κ2) is 5.61. The van der Waals surface area contributed by atoms with Crippen molar-refractivity contribution in [1.29, 1.82) is 0 Å². The normalized spacial score (nSPS) is 18.8. The first kappa shape index (κ1) is 13.1. The van der Waals surface area contributed by atoms with Gasteiger partial charge in [0.1, 0.15) is 0 Å². The summed E-state index contributed by atoms with van der Waals surface area (Å²) in [7, 11) is 2.06. The van der Waals surface area contributed by atoms with Crippen LogP contribution >= 0.6 is 11.3 Å². The van der Waals surface area contributed by atoms with Gasteiger partial charge >= 0.3 is 0 Å². The predicted molar refractivity (Wildman–Crippen MR) is 81.9 cm³/mol. The van der Waals surface area contributed by atoms with Crippen molar-refractivity contribution in [2.24, 2.45) is 5.41 Å². The maximum absolute atomic E-state index is 5.55. The molecule has 2 aromatic rings. The minimum Gasteiger partial charge on any atom is -0.381 e. The highest BCUT2D eigenvalue weighted by atomic mass is 32.1. The maximum Gasteiger partial charge on any atom is 0.0471 e. The second-order valence-electron chi connectivity index (χ2n) is 5.58. The van der Waals surface area contributed by atoms with Crippen LogP contribution in [0, 0.1) is 5.41 Å². The summed E-state index contributed by atoms with van der Waals surface area (Å²) in [5, 5.41) is 7.17. The van der Waals surface area contributed by atoms with Gasteiger partial charge in [-0.15, -0.1) is 11.3 Å². The molecule has 0 bridgehead atoms. The van der Waals surface area contributed by atoms with Crippen LogP contribution in [0.4, 0.5) is 0 Å². The summed E-state index contributed by atoms with van der Waals surface area (Å²) < 4.78 is 6.96. The van der Waals surface area contributed by atoms with E-state index in [1.54, 1.807) is 0 Å². The fourth-order valence-electron chi connectivity index (χ4n) is 3.17. The van der Waals surface area contributed by atoms with Crippen LogP contribution in [-0.2, 0) is 11.2 Å². The van der Waals surface area contributed by atoms with E-state index in [1.807, 2.05) is 11.3 Å². The summed E-state index contributed by atoms with van der Waals surface area (Å²) in [6.45, 7) is 2.90. The Morgan fingerprint density at radius 1 is 1.26 bits per heavy atom. The van der Waals surface area contributed by atoms with E-state index in [0.717, 1.165) is 32.6 Å². The minimum absolute atomic E-state index is 0.372. The monoisotopic (exact) mass is 275 g/mol. The number of rotatable bonds is 4. The molecule has 3 heteroatoms. The Balaban J connectivity index is 1.89. The lowest BCUT2D eigenvalue weighted by Crippen LogP contribution is -2.39. The summed E-state index contributed by atoms with van der Waals surface area (Å²) in [5.41, 5.74) is 1.88. The van der Waals surface area contributed by atoms with Crippen LogP contribution in [0.25, 0.3) is 10.1 Å². The Bertz CT molecular complexity index is 537. The summed E-state index contributed by atoms with van der Waals surface area (Å²) in [4.78, 5) is 0. The van der Waals surface area contributed by atoms with Crippen molar-refractivity contribution >= 4 is 21.4 Å². The molecule has 0 unspecified atom stereocenters. The quantitative estimate of drug-likeness (QED) is 0.922. The third-order valence-corrected chi connectivity index (χ3v) is 5.24. The molecule has 1 aliphatic heterocycles. The van der Waals surface area contributed by atoms with Crippen molar-refractivity contribution in [2.45, 2.75) is 19.3 Å². The highest BCUT2D eigenvalue weighted by Gasteiger charge is 2.32. The van der Waals surface area contributed by atoms with Crippen LogP contribution < -0.4 is 5.32 Å². The lowest BCUT2D eigenvalue weighted by Gasteiger charge is -2.37. The Morgan fingerprint density at radius 2 is 2.05 bits per heavy atom. The largest absolute Gasteiger partial charge is 0.381 e. The van der Waals surface area contributed by atoms with E-state index < -0.39 is 0 Å². The van der Waals surface area contributed by atoms with Crippen molar-refractivity contribution in [2.75, 3.05) is 26.8 Å². The summed E-state index contributed by atoms with van der Waals surface area (Å²) in [6, 6.07) is 8.75. The van der Waals surface area contributed by atoms with Gasteiger partial charge in [0.05, 0.1) is 0 Å². The standard InChI is InChI=1S/C16H21NOS/c1-17-12-16(6-8-18-9-7-16)10-13-11-19-15-5-3-2-4-14(13)15/h2-5,11,17H,6-10,12H2,1H3. The third kappa shape index (κ3) is 2.69. The topological polar surface area (TPSA) is 21.3 Å². The van der Waals surface area contributed by atoms with Crippen molar-refractivity contribution < 1.29 is 4.74 Å². The summed E-state index contributed by atoms with van der Waals surface area (Å²) in [6.07, 6.45) is 3.50. The first-order valence-corrected chi connectivity index (χ1v) is 7.88. The molecule has 1 aromatic carbocycles. The van der Waals surface area contributed by atoms with Crippen LogP contribution in [0.1, 0.15) is 18.4 Å². The Kier molecular flexibility index (Phi) is 3.87. The van der Waals surface area contributed by atoms with Gasteiger partial charge in [0.25, 0.3) is 0 Å². The molecular formula is C16H21NOS. The van der Waals surface area contributed by atoms with Crippen molar-refractivity contribution in [3.05, 3.63) is 35.2 Å². The fourth-order valence-corrected chi connectivity index (χ4v) is 4.13. The fraction of sp³-hybridized carbons (Fsp3) is 0.500. The molecule has 0 spiro atoms. The molecule has 2 nitrogen and oxygen atoms in total. The van der Waals surface area contributed by atoms with Crippen molar-refractivity contribution in [1.82, 2.24) is 5.32 Å². The van der Waals surface area contributed by atoms with E-state index in [2.05, 4.69) is 42.0 Å². The summed E-state index contributed by atoms with van der Waals surface area (Å²) >= 11 is 1.87. The number of thiophene rings is 1. The van der Waals surface area contributed by atoms with Gasteiger partial charge in [-0.05, 0) is 54.1 Å². The molecule has 1 saturated heterocycles. The third-order valence-electron chi connectivity index (χ3n) is 4.23. The second-order valence-corrected chi connectivity index (χ2v) is 6.49. The van der Waals surface area contributed by atoms with Gasteiger partial charge in [-0.3, -0.25) is 0 Å². The van der Waals surface area contributed by atoms with Crippen molar-refractivity contribution in [3.8, 4) is 0 Å². The number of nitrogens with one attached hydrogen (secondary N) is 1. The Hall–Kier alpha value is -0.900. The molecule has 19 heavy (non-hydrogen) atoms. The molecule has 0 amide bonds. The van der Waals surface area contributed by atoms with Gasteiger partial charge in [-0.1, -0.05) is 18.2 Å². The molecule has 0 atom stereocenters. The summed E-state index contributed by atoms with van der Waals surface area (Å²) in [5.74, 6) is 0. The zero-order chi connectivity index (χ0) is 13.1. The number of hydrogen-bond donors (Lipinski definition) is 1. The highest BCUT2D eigenvalue weighted by molar-refractivity contribution is 7.17. The average Bonchev–Trinajstić information content (AvgIpc) is 2.83. The van der Waals surface area contributed by atoms with E-state index in [0.29, 0.717) is 5.41 Å². The highest BCUT2D eigenvalue weighted by Crippen LogP contribution is 2.37. The van der Waals surface area contributed by atoms with Crippen molar-refractivity contribution in [3.63, 3.8) is 0 Å². The number of fused-ring (bicyclic) bond motifs is 1. The lowest BCUT2D eigenvalue weighted by molar-refractivity contribution is 0.0160. The molecule has 3 rings (SSSR count). The maximum atomic E-state index is 5.55. The molecule has 0 radical (unpaired) electrons. The van der Waals surface area contributed by atoms with Crippen LogP contribution in [0.3, 0.4) is 0 Å². The minimum atomic E-state index is 0.372. The van der Waals surface area contributed by atoms with Gasteiger partial charge in [-0.25, -0.2) is 0 Å². The molecule has 0 saturated carbocycles. The van der Waals surface area contributed by atoms with Gasteiger partial charge in [0, 0.05) is 24.5 Å².